The summed E-state index contributed by atoms with van der Waals surface area (Å²) in [6, 6.07) is 17.6. The number of aromatic nitrogens is 1. The number of anilines is 2. The summed E-state index contributed by atoms with van der Waals surface area (Å²) in [5.74, 6) is 0. The lowest BCUT2D eigenvalue weighted by Gasteiger charge is -2.38. The minimum atomic E-state index is -4.32. The van der Waals surface area contributed by atoms with E-state index >= 15 is 0 Å². The van der Waals surface area contributed by atoms with Crippen LogP contribution in [0.2, 0.25) is 0 Å². The standard InChI is InChI=1S/C22H22N2O3S2/c1-3-15-9-8-14-23-21(15)16-10-7-13-19-22(16)24(20(4-2)29(25,26)27)17-11-5-6-12-18(17)28-19/h5-14,20H,3-4H2,1-2H3,(H,25,26,27). The SMILES string of the molecule is CCc1cccnc1-c1cccc2c1N(C(CC)S(=O)(=O)O)c1ccccc1S2. The van der Waals surface area contributed by atoms with Gasteiger partial charge < -0.3 is 4.90 Å². The van der Waals surface area contributed by atoms with E-state index in [1.807, 2.05) is 54.6 Å². The summed E-state index contributed by atoms with van der Waals surface area (Å²) >= 11 is 1.60. The van der Waals surface area contributed by atoms with E-state index in [1.165, 1.54) is 0 Å². The van der Waals surface area contributed by atoms with E-state index in [2.05, 4.69) is 11.9 Å². The number of para-hydroxylation sites is 2. The molecule has 0 aliphatic carbocycles. The number of fused-ring (bicyclic) bond motifs is 2. The number of aryl methyl sites for hydroxylation is 1. The van der Waals surface area contributed by atoms with Gasteiger partial charge in [0.15, 0.2) is 5.37 Å². The molecular weight excluding hydrogens is 404 g/mol. The summed E-state index contributed by atoms with van der Waals surface area (Å²) in [6.45, 7) is 3.84. The summed E-state index contributed by atoms with van der Waals surface area (Å²) in [5.41, 5.74) is 4.33. The van der Waals surface area contributed by atoms with E-state index in [1.54, 1.807) is 29.8 Å². The van der Waals surface area contributed by atoms with Gasteiger partial charge in [0, 0.05) is 21.6 Å². The maximum atomic E-state index is 12.3. The molecule has 1 atom stereocenters. The normalized spacial score (nSPS) is 14.2. The molecule has 2 aromatic carbocycles. The predicted octanol–water partition coefficient (Wildman–Crippen LogP) is 5.54. The summed E-state index contributed by atoms with van der Waals surface area (Å²) in [4.78, 5) is 8.28. The lowest BCUT2D eigenvalue weighted by molar-refractivity contribution is 0.464. The van der Waals surface area contributed by atoms with Gasteiger partial charge in [0.1, 0.15) is 0 Å². The van der Waals surface area contributed by atoms with Crippen LogP contribution in [0.15, 0.2) is 70.6 Å². The van der Waals surface area contributed by atoms with Gasteiger partial charge in [-0.2, -0.15) is 8.42 Å². The highest BCUT2D eigenvalue weighted by Crippen LogP contribution is 2.53. The van der Waals surface area contributed by atoms with Crippen LogP contribution < -0.4 is 4.90 Å². The van der Waals surface area contributed by atoms with E-state index in [9.17, 15) is 13.0 Å². The number of hydrogen-bond donors (Lipinski definition) is 1. The minimum Gasteiger partial charge on any atom is -0.319 e. The van der Waals surface area contributed by atoms with Gasteiger partial charge in [-0.25, -0.2) is 0 Å². The van der Waals surface area contributed by atoms with Crippen molar-refractivity contribution in [3.63, 3.8) is 0 Å². The first-order valence-corrected chi connectivity index (χ1v) is 11.9. The molecule has 0 saturated carbocycles. The number of nitrogens with zero attached hydrogens (tertiary/aromatic N) is 2. The highest BCUT2D eigenvalue weighted by Gasteiger charge is 2.37. The van der Waals surface area contributed by atoms with E-state index in [4.69, 9.17) is 0 Å². The van der Waals surface area contributed by atoms with Crippen LogP contribution >= 0.6 is 11.8 Å². The summed E-state index contributed by atoms with van der Waals surface area (Å²) in [5, 5.41) is -1.08. The number of pyridine rings is 1. The van der Waals surface area contributed by atoms with Gasteiger partial charge in [0.25, 0.3) is 10.1 Å². The largest absolute Gasteiger partial charge is 0.319 e. The third-order valence-electron chi connectivity index (χ3n) is 5.09. The van der Waals surface area contributed by atoms with Crippen LogP contribution in [0, 0.1) is 0 Å². The Hall–Kier alpha value is -2.35. The molecule has 150 valence electrons. The van der Waals surface area contributed by atoms with Crippen LogP contribution in [0.4, 0.5) is 11.4 Å². The summed E-state index contributed by atoms with van der Waals surface area (Å²) in [6.07, 6.45) is 2.81. The molecule has 1 aliphatic rings. The smallest absolute Gasteiger partial charge is 0.286 e. The van der Waals surface area contributed by atoms with Crippen molar-refractivity contribution in [2.24, 2.45) is 0 Å². The fourth-order valence-electron chi connectivity index (χ4n) is 3.82. The van der Waals surface area contributed by atoms with Crippen molar-refractivity contribution < 1.29 is 13.0 Å². The Morgan fingerprint density at radius 2 is 1.79 bits per heavy atom. The van der Waals surface area contributed by atoms with Crippen LogP contribution in [0.3, 0.4) is 0 Å². The molecule has 1 aromatic heterocycles. The van der Waals surface area contributed by atoms with Crippen LogP contribution in [0.5, 0.6) is 0 Å². The zero-order chi connectivity index (χ0) is 20.6. The first-order valence-electron chi connectivity index (χ1n) is 9.55. The molecule has 0 amide bonds. The van der Waals surface area contributed by atoms with Crippen molar-refractivity contribution in [1.29, 1.82) is 0 Å². The fourth-order valence-corrected chi connectivity index (χ4v) is 5.83. The quantitative estimate of drug-likeness (QED) is 0.540. The highest BCUT2D eigenvalue weighted by atomic mass is 32.2. The van der Waals surface area contributed by atoms with Crippen molar-refractivity contribution in [2.45, 2.75) is 41.9 Å². The van der Waals surface area contributed by atoms with Crippen molar-refractivity contribution in [1.82, 2.24) is 4.98 Å². The molecule has 2 heterocycles. The first-order chi connectivity index (χ1) is 14.0. The Morgan fingerprint density at radius 1 is 1.03 bits per heavy atom. The predicted molar refractivity (Wildman–Crippen MR) is 117 cm³/mol. The number of benzene rings is 2. The zero-order valence-corrected chi connectivity index (χ0v) is 17.9. The Labute approximate surface area is 175 Å². The molecule has 3 aromatic rings. The third-order valence-corrected chi connectivity index (χ3v) is 7.44. The van der Waals surface area contributed by atoms with Gasteiger partial charge in [-0.3, -0.25) is 9.54 Å². The van der Waals surface area contributed by atoms with Crippen LogP contribution in [0.1, 0.15) is 25.8 Å². The van der Waals surface area contributed by atoms with E-state index < -0.39 is 15.5 Å². The molecule has 5 nitrogen and oxygen atoms in total. The van der Waals surface area contributed by atoms with Crippen LogP contribution in [-0.2, 0) is 16.5 Å². The van der Waals surface area contributed by atoms with Gasteiger partial charge in [0.05, 0.1) is 17.1 Å². The minimum absolute atomic E-state index is 0.245. The Morgan fingerprint density at radius 3 is 2.52 bits per heavy atom. The lowest BCUT2D eigenvalue weighted by atomic mass is 10.0. The Balaban J connectivity index is 2.04. The van der Waals surface area contributed by atoms with Gasteiger partial charge in [0.2, 0.25) is 0 Å². The zero-order valence-electron chi connectivity index (χ0n) is 16.2. The molecule has 7 heteroatoms. The van der Waals surface area contributed by atoms with Crippen molar-refractivity contribution in [3.8, 4) is 11.3 Å². The second-order valence-electron chi connectivity index (χ2n) is 6.83. The molecular formula is C22H22N2O3S2. The highest BCUT2D eigenvalue weighted by molar-refractivity contribution is 7.99. The van der Waals surface area contributed by atoms with Gasteiger partial charge in [-0.1, -0.05) is 55.9 Å². The van der Waals surface area contributed by atoms with Gasteiger partial charge >= 0.3 is 0 Å². The second kappa shape index (κ2) is 7.82. The van der Waals surface area contributed by atoms with Crippen molar-refractivity contribution in [3.05, 3.63) is 66.4 Å². The Bertz CT molecular complexity index is 1160. The summed E-state index contributed by atoms with van der Waals surface area (Å²) < 4.78 is 34.7. The average Bonchev–Trinajstić information content (AvgIpc) is 2.72. The fraction of sp³-hybridized carbons (Fsp3) is 0.227. The number of rotatable bonds is 5. The molecule has 1 N–H and O–H groups in total. The van der Waals surface area contributed by atoms with Crippen molar-refractivity contribution >= 4 is 33.3 Å². The maximum Gasteiger partial charge on any atom is 0.286 e. The van der Waals surface area contributed by atoms with E-state index in [0.717, 1.165) is 44.4 Å². The Kier molecular flexibility index (Phi) is 5.38. The molecule has 1 aliphatic heterocycles. The maximum absolute atomic E-state index is 12.3. The topological polar surface area (TPSA) is 70.5 Å². The molecule has 0 spiro atoms. The van der Waals surface area contributed by atoms with Crippen LogP contribution in [0.25, 0.3) is 11.3 Å². The third kappa shape index (κ3) is 3.54. The van der Waals surface area contributed by atoms with Crippen LogP contribution in [-0.4, -0.2) is 23.3 Å². The molecule has 0 saturated heterocycles. The summed E-state index contributed by atoms with van der Waals surface area (Å²) in [7, 11) is -4.32. The monoisotopic (exact) mass is 426 g/mol. The number of hydrogen-bond acceptors (Lipinski definition) is 5. The first kappa shape index (κ1) is 19.9. The molecule has 4 rings (SSSR count). The van der Waals surface area contributed by atoms with Gasteiger partial charge in [-0.05, 0) is 42.7 Å². The van der Waals surface area contributed by atoms with E-state index in [0.29, 0.717) is 0 Å². The second-order valence-corrected chi connectivity index (χ2v) is 9.49. The molecule has 0 fully saturated rings. The molecule has 1 unspecified atom stereocenters. The average molecular weight is 427 g/mol. The van der Waals surface area contributed by atoms with Crippen molar-refractivity contribution in [2.75, 3.05) is 4.90 Å². The lowest BCUT2D eigenvalue weighted by Crippen LogP contribution is -2.39. The van der Waals surface area contributed by atoms with E-state index in [-0.39, 0.29) is 6.42 Å². The molecule has 29 heavy (non-hydrogen) atoms. The molecule has 0 bridgehead atoms. The van der Waals surface area contributed by atoms with Gasteiger partial charge in [-0.15, -0.1) is 0 Å². The molecule has 0 radical (unpaired) electrons.